The van der Waals surface area contributed by atoms with E-state index < -0.39 is 41.6 Å². The molecule has 1 saturated heterocycles. The molecule has 52 heavy (non-hydrogen) atoms. The molecule has 0 bridgehead atoms. The van der Waals surface area contributed by atoms with Crippen molar-refractivity contribution in [3.63, 3.8) is 0 Å². The van der Waals surface area contributed by atoms with Crippen LogP contribution in [0.3, 0.4) is 0 Å². The van der Waals surface area contributed by atoms with Crippen molar-refractivity contribution in [2.75, 3.05) is 13.1 Å². The van der Waals surface area contributed by atoms with Gasteiger partial charge >= 0.3 is 0 Å². The lowest BCUT2D eigenvalue weighted by Gasteiger charge is -2.41. The van der Waals surface area contributed by atoms with Crippen molar-refractivity contribution < 1.29 is 24.2 Å². The van der Waals surface area contributed by atoms with Crippen molar-refractivity contribution in [3.8, 4) is 0 Å². The maximum atomic E-state index is 14.0. The number of aliphatic hydroxyl groups excluding tert-OH is 1. The molecular formula is C41H52N6O5. The van der Waals surface area contributed by atoms with E-state index in [1.807, 2.05) is 112 Å². The number of piperidine rings is 1. The zero-order valence-corrected chi connectivity index (χ0v) is 30.8. The average molecular weight is 709 g/mol. The minimum atomic E-state index is -1.03. The summed E-state index contributed by atoms with van der Waals surface area (Å²) in [5, 5.41) is 21.9. The summed E-state index contributed by atoms with van der Waals surface area (Å²) < 4.78 is 6.25. The quantitative estimate of drug-likeness (QED) is 0.151. The van der Waals surface area contributed by atoms with Gasteiger partial charge in [-0.1, -0.05) is 68.4 Å². The number of aliphatic hydroxyl groups is 1. The summed E-state index contributed by atoms with van der Waals surface area (Å²) in [6.07, 6.45) is 3.76. The number of hydrogen-bond donors (Lipinski definition) is 4. The minimum absolute atomic E-state index is 0.134. The molecule has 5 atom stereocenters. The topological polar surface area (TPSA) is 146 Å². The third-order valence-corrected chi connectivity index (χ3v) is 9.28. The number of carbonyl (C=O) groups is 3. The molecule has 11 heteroatoms. The van der Waals surface area contributed by atoms with Crippen molar-refractivity contribution in [2.45, 2.75) is 96.4 Å². The highest BCUT2D eigenvalue weighted by Crippen LogP contribution is 2.24. The van der Waals surface area contributed by atoms with Gasteiger partial charge in [-0.25, -0.2) is 4.98 Å². The van der Waals surface area contributed by atoms with Crippen LogP contribution >= 0.6 is 0 Å². The third-order valence-electron chi connectivity index (χ3n) is 9.28. The van der Waals surface area contributed by atoms with Crippen molar-refractivity contribution in [2.24, 2.45) is 5.92 Å². The normalized spacial score (nSPS) is 18.4. The number of amides is 3. The van der Waals surface area contributed by atoms with Gasteiger partial charge in [0.25, 0.3) is 5.91 Å². The lowest BCUT2D eigenvalue weighted by atomic mass is 9.94. The van der Waals surface area contributed by atoms with E-state index in [2.05, 4.69) is 25.9 Å². The van der Waals surface area contributed by atoms with Crippen molar-refractivity contribution in [1.82, 2.24) is 30.8 Å². The van der Waals surface area contributed by atoms with Crippen LogP contribution in [0, 0.1) is 5.92 Å². The van der Waals surface area contributed by atoms with Gasteiger partial charge in [0.15, 0.2) is 0 Å². The highest BCUT2D eigenvalue weighted by molar-refractivity contribution is 5.98. The molecule has 11 nitrogen and oxygen atoms in total. The highest BCUT2D eigenvalue weighted by Gasteiger charge is 2.38. The average Bonchev–Trinajstić information content (AvgIpc) is 3.12. The van der Waals surface area contributed by atoms with Crippen molar-refractivity contribution in [1.29, 1.82) is 0 Å². The molecule has 276 valence electrons. The number of fused-ring (bicyclic) bond motifs is 1. The Bertz CT molecular complexity index is 1780. The number of hydrogen-bond acceptors (Lipinski definition) is 8. The van der Waals surface area contributed by atoms with Gasteiger partial charge < -0.3 is 25.8 Å². The highest BCUT2D eigenvalue weighted by atomic mass is 16.5. The molecule has 3 heterocycles. The van der Waals surface area contributed by atoms with Gasteiger partial charge in [0.05, 0.1) is 36.4 Å². The Labute approximate surface area is 306 Å². The van der Waals surface area contributed by atoms with Gasteiger partial charge in [-0.05, 0) is 81.3 Å². The van der Waals surface area contributed by atoms with Gasteiger partial charge in [0.2, 0.25) is 11.8 Å². The summed E-state index contributed by atoms with van der Waals surface area (Å²) in [6.45, 7) is 10.6. The summed E-state index contributed by atoms with van der Waals surface area (Å²) in [5.41, 5.74) is 2.39. The summed E-state index contributed by atoms with van der Waals surface area (Å²) in [7, 11) is 0. The second-order valence-electron chi connectivity index (χ2n) is 15.0. The zero-order valence-electron chi connectivity index (χ0n) is 30.8. The molecule has 4 N–H and O–H groups in total. The van der Waals surface area contributed by atoms with E-state index in [1.165, 1.54) is 0 Å². The van der Waals surface area contributed by atoms with Crippen molar-refractivity contribution in [3.05, 3.63) is 108 Å². The molecule has 0 saturated carbocycles. The number of aromatic nitrogens is 2. The second-order valence-corrected chi connectivity index (χ2v) is 15.0. The van der Waals surface area contributed by atoms with Crippen LogP contribution in [-0.4, -0.2) is 86.7 Å². The van der Waals surface area contributed by atoms with E-state index in [1.54, 1.807) is 18.5 Å². The lowest BCUT2D eigenvalue weighted by molar-refractivity contribution is -0.134. The van der Waals surface area contributed by atoms with Crippen LogP contribution in [0.15, 0.2) is 91.3 Å². The first-order valence-electron chi connectivity index (χ1n) is 18.1. The first-order valence-corrected chi connectivity index (χ1v) is 18.1. The molecular weight excluding hydrogens is 656 g/mol. The number of carbonyl (C=O) groups excluding carboxylic acids is 3. The van der Waals surface area contributed by atoms with E-state index in [9.17, 15) is 19.5 Å². The fourth-order valence-electron chi connectivity index (χ4n) is 6.50. The molecule has 4 aromatic rings. The molecule has 3 amide bonds. The Hall–Kier alpha value is -4.71. The van der Waals surface area contributed by atoms with Crippen LogP contribution in [0.5, 0.6) is 0 Å². The minimum Gasteiger partial charge on any atom is -0.390 e. The van der Waals surface area contributed by atoms with Crippen LogP contribution in [0.1, 0.15) is 69.1 Å². The Morgan fingerprint density at radius 2 is 1.63 bits per heavy atom. The van der Waals surface area contributed by atoms with E-state index in [-0.39, 0.29) is 30.2 Å². The smallest absolute Gasteiger partial charge is 0.270 e. The van der Waals surface area contributed by atoms with Crippen LogP contribution in [-0.2, 0) is 27.4 Å². The van der Waals surface area contributed by atoms with Gasteiger partial charge in [-0.15, -0.1) is 0 Å². The number of pyridine rings is 2. The number of β-amino-alcohol motifs (C(OH)–C–C–N with tert-alkyl or cyclic N) is 1. The third kappa shape index (κ3) is 10.9. The Balaban J connectivity index is 1.31. The summed E-state index contributed by atoms with van der Waals surface area (Å²) in [5.74, 6) is -1.25. The summed E-state index contributed by atoms with van der Waals surface area (Å²) in [4.78, 5) is 51.6. The Morgan fingerprint density at radius 1 is 0.923 bits per heavy atom. The summed E-state index contributed by atoms with van der Waals surface area (Å²) in [6, 6.07) is 22.3. The second kappa shape index (κ2) is 17.7. The molecule has 2 aromatic carbocycles. The predicted octanol–water partition coefficient (Wildman–Crippen LogP) is 4.44. The summed E-state index contributed by atoms with van der Waals surface area (Å²) >= 11 is 0. The number of ether oxygens (including phenoxy) is 1. The van der Waals surface area contributed by atoms with Crippen LogP contribution < -0.4 is 16.0 Å². The van der Waals surface area contributed by atoms with E-state index >= 15 is 0 Å². The predicted molar refractivity (Wildman–Crippen MR) is 201 cm³/mol. The molecule has 1 aliphatic heterocycles. The first kappa shape index (κ1) is 38.5. The maximum absolute atomic E-state index is 14.0. The molecule has 0 spiro atoms. The van der Waals surface area contributed by atoms with Crippen molar-refractivity contribution >= 4 is 28.6 Å². The first-order chi connectivity index (χ1) is 24.9. The molecule has 2 aromatic heterocycles. The van der Waals surface area contributed by atoms with Gasteiger partial charge in [-0.2, -0.15) is 0 Å². The molecule has 2 unspecified atom stereocenters. The maximum Gasteiger partial charge on any atom is 0.270 e. The SMILES string of the molecule is CC(C)C(NC(=O)c1ccc2ccccc2n1)C(=O)N[C@@H](Cc1ccccc1)C(O)CN1CC[C@@H](OCc2ccncc2)C[C@H]1C(=O)NC(C)(C)C. The standard InChI is InChI=1S/C41H52N6O5/c1-27(2)37(45-38(49)33-16-15-30-13-9-10-14-32(30)43-33)40(51)44-34(23-28-11-7-6-8-12-28)36(48)25-47-22-19-31(52-26-29-17-20-42-21-18-29)24-35(47)39(50)46-41(3,4)5/h6-18,20-21,27,31,34-37,48H,19,22-26H2,1-5H3,(H,44,51)(H,45,49)(H,46,50)/t31-,34+,35+,36?,37?/m1/s1. The molecule has 5 rings (SSSR count). The Morgan fingerprint density at radius 3 is 2.35 bits per heavy atom. The van der Waals surface area contributed by atoms with Gasteiger partial charge in [0, 0.05) is 36.4 Å². The van der Waals surface area contributed by atoms with Gasteiger partial charge in [0.1, 0.15) is 11.7 Å². The van der Waals surface area contributed by atoms with E-state index in [4.69, 9.17) is 4.74 Å². The number of likely N-dealkylation sites (tertiary alicyclic amines) is 1. The van der Waals surface area contributed by atoms with E-state index in [0.29, 0.717) is 37.9 Å². The Kier molecular flexibility index (Phi) is 13.1. The largest absolute Gasteiger partial charge is 0.390 e. The fraction of sp³-hybridized carbons (Fsp3) is 0.439. The zero-order chi connectivity index (χ0) is 37.3. The van der Waals surface area contributed by atoms with Crippen LogP contribution in [0.2, 0.25) is 0 Å². The van der Waals surface area contributed by atoms with Crippen LogP contribution in [0.25, 0.3) is 10.9 Å². The molecule has 1 fully saturated rings. The number of nitrogens with one attached hydrogen (secondary N) is 3. The number of rotatable bonds is 14. The monoisotopic (exact) mass is 708 g/mol. The number of para-hydroxylation sites is 1. The lowest BCUT2D eigenvalue weighted by Crippen LogP contribution is -2.60. The van der Waals surface area contributed by atoms with Crippen LogP contribution in [0.4, 0.5) is 0 Å². The molecule has 0 radical (unpaired) electrons. The molecule has 1 aliphatic rings. The number of nitrogens with zero attached hydrogens (tertiary/aromatic N) is 3. The molecule has 0 aliphatic carbocycles. The van der Waals surface area contributed by atoms with E-state index in [0.717, 1.165) is 16.5 Å². The van der Waals surface area contributed by atoms with Gasteiger partial charge in [-0.3, -0.25) is 24.3 Å². The number of benzene rings is 2. The fourth-order valence-corrected chi connectivity index (χ4v) is 6.50.